The number of ether oxygens (including phenoxy) is 3. The number of Topliss-reactive ketones (excluding diaryl/α,β-unsaturated/α-hetero) is 1. The van der Waals surface area contributed by atoms with Gasteiger partial charge in [0.1, 0.15) is 18.0 Å². The second-order valence-electron chi connectivity index (χ2n) is 6.86. The van der Waals surface area contributed by atoms with E-state index < -0.39 is 12.2 Å². The van der Waals surface area contributed by atoms with Crippen LogP contribution in [0.1, 0.15) is 23.0 Å². The Morgan fingerprint density at radius 3 is 2.61 bits per heavy atom. The largest absolute Gasteiger partial charge is 0.468 e. The molecule has 28 heavy (non-hydrogen) atoms. The fraction of sp³-hybridized carbons (Fsp3) is 0.400. The topological polar surface area (TPSA) is 99.0 Å². The van der Waals surface area contributed by atoms with Crippen LogP contribution in [0.5, 0.6) is 0 Å². The first-order chi connectivity index (χ1) is 13.6. The quantitative estimate of drug-likeness (QED) is 0.735. The first kappa shape index (κ1) is 18.7. The molecule has 148 valence electrons. The molecule has 2 aliphatic rings. The summed E-state index contributed by atoms with van der Waals surface area (Å²) >= 11 is 0. The van der Waals surface area contributed by atoms with Gasteiger partial charge in [-0.25, -0.2) is 4.79 Å². The second-order valence-corrected chi connectivity index (χ2v) is 6.86. The van der Waals surface area contributed by atoms with Crippen LogP contribution in [0.3, 0.4) is 0 Å². The Hall–Kier alpha value is -2.68. The number of ketones is 1. The van der Waals surface area contributed by atoms with Gasteiger partial charge in [-0.1, -0.05) is 0 Å². The van der Waals surface area contributed by atoms with E-state index in [2.05, 4.69) is 10.6 Å². The third kappa shape index (κ3) is 4.09. The van der Waals surface area contributed by atoms with Crippen molar-refractivity contribution >= 4 is 17.6 Å². The summed E-state index contributed by atoms with van der Waals surface area (Å²) in [5, 5.41) is 6.01. The smallest absolute Gasteiger partial charge is 0.412 e. The molecule has 2 fully saturated rings. The average molecular weight is 386 g/mol. The minimum atomic E-state index is -0.583. The zero-order chi connectivity index (χ0) is 19.5. The van der Waals surface area contributed by atoms with Crippen LogP contribution in [0.4, 0.5) is 10.5 Å². The number of rotatable bonds is 6. The summed E-state index contributed by atoms with van der Waals surface area (Å²) in [6.45, 7) is 2.83. The van der Waals surface area contributed by atoms with Crippen LogP contribution in [0, 0.1) is 0 Å². The monoisotopic (exact) mass is 386 g/mol. The Bertz CT molecular complexity index is 820. The molecular formula is C20H22N2O6. The third-order valence-corrected chi connectivity index (χ3v) is 4.92. The van der Waals surface area contributed by atoms with E-state index in [4.69, 9.17) is 18.6 Å². The average Bonchev–Trinajstić information content (AvgIpc) is 3.40. The molecule has 4 atom stereocenters. The van der Waals surface area contributed by atoms with Crippen LogP contribution in [-0.4, -0.2) is 49.4 Å². The van der Waals surface area contributed by atoms with Gasteiger partial charge < -0.3 is 23.9 Å². The van der Waals surface area contributed by atoms with Crippen molar-refractivity contribution in [2.45, 2.75) is 37.8 Å². The molecule has 0 saturated carbocycles. The van der Waals surface area contributed by atoms with Crippen molar-refractivity contribution in [2.24, 2.45) is 0 Å². The number of benzene rings is 1. The van der Waals surface area contributed by atoms with Gasteiger partial charge in [-0.05, 0) is 43.3 Å². The SMILES string of the molecule is CC(=O)c1ccc(NC(=O)O[C@@H]2CO[C@H]3[C@@H]2OC[C@@H]3NCc2ccco2)cc1. The number of hydrogen-bond acceptors (Lipinski definition) is 7. The number of fused-ring (bicyclic) bond motifs is 1. The van der Waals surface area contributed by atoms with E-state index >= 15 is 0 Å². The molecule has 8 nitrogen and oxygen atoms in total. The van der Waals surface area contributed by atoms with Crippen LogP contribution in [0.2, 0.25) is 0 Å². The fourth-order valence-electron chi connectivity index (χ4n) is 3.46. The zero-order valence-corrected chi connectivity index (χ0v) is 15.4. The Morgan fingerprint density at radius 2 is 1.89 bits per heavy atom. The lowest BCUT2D eigenvalue weighted by atomic mass is 10.1. The maximum absolute atomic E-state index is 12.2. The fourth-order valence-corrected chi connectivity index (χ4v) is 3.46. The summed E-state index contributed by atoms with van der Waals surface area (Å²) in [6.07, 6.45) is 0.0903. The molecule has 2 N–H and O–H groups in total. The molecule has 4 rings (SSSR count). The molecule has 0 unspecified atom stereocenters. The highest BCUT2D eigenvalue weighted by molar-refractivity contribution is 5.94. The summed E-state index contributed by atoms with van der Waals surface area (Å²) in [4.78, 5) is 23.5. The van der Waals surface area contributed by atoms with Crippen LogP contribution in [0.25, 0.3) is 0 Å². The minimum absolute atomic E-state index is 0.00545. The van der Waals surface area contributed by atoms with Crippen LogP contribution < -0.4 is 10.6 Å². The molecule has 8 heteroatoms. The lowest BCUT2D eigenvalue weighted by Gasteiger charge is -2.17. The van der Waals surface area contributed by atoms with Crippen molar-refractivity contribution in [3.05, 3.63) is 54.0 Å². The van der Waals surface area contributed by atoms with Gasteiger partial charge in [0.05, 0.1) is 32.1 Å². The van der Waals surface area contributed by atoms with Crippen LogP contribution >= 0.6 is 0 Å². The maximum atomic E-state index is 12.2. The molecule has 3 heterocycles. The number of nitrogens with one attached hydrogen (secondary N) is 2. The van der Waals surface area contributed by atoms with E-state index in [1.54, 1.807) is 30.5 Å². The highest BCUT2D eigenvalue weighted by Gasteiger charge is 2.49. The number of hydrogen-bond donors (Lipinski definition) is 2. The summed E-state index contributed by atoms with van der Waals surface area (Å²) in [6, 6.07) is 10.4. The predicted molar refractivity (Wildman–Crippen MR) is 99.2 cm³/mol. The van der Waals surface area contributed by atoms with Crippen molar-refractivity contribution in [2.75, 3.05) is 18.5 Å². The van der Waals surface area contributed by atoms with Gasteiger partial charge in [0.25, 0.3) is 0 Å². The van der Waals surface area contributed by atoms with Gasteiger partial charge >= 0.3 is 6.09 Å². The number of carbonyl (C=O) groups is 2. The summed E-state index contributed by atoms with van der Waals surface area (Å²) in [5.74, 6) is 0.807. The van der Waals surface area contributed by atoms with Crippen LogP contribution in [0.15, 0.2) is 47.1 Å². The van der Waals surface area contributed by atoms with Gasteiger partial charge in [-0.3, -0.25) is 10.1 Å². The Labute approximate surface area is 162 Å². The number of amides is 1. The highest BCUT2D eigenvalue weighted by atomic mass is 16.6. The highest BCUT2D eigenvalue weighted by Crippen LogP contribution is 2.29. The maximum Gasteiger partial charge on any atom is 0.412 e. The van der Waals surface area contributed by atoms with E-state index in [0.29, 0.717) is 24.4 Å². The van der Waals surface area contributed by atoms with E-state index in [-0.39, 0.29) is 30.6 Å². The Balaban J connectivity index is 1.27. The van der Waals surface area contributed by atoms with Gasteiger partial charge in [0, 0.05) is 11.3 Å². The lowest BCUT2D eigenvalue weighted by molar-refractivity contribution is 0.00852. The summed E-state index contributed by atoms with van der Waals surface area (Å²) < 4.78 is 22.4. The minimum Gasteiger partial charge on any atom is -0.468 e. The lowest BCUT2D eigenvalue weighted by Crippen LogP contribution is -2.41. The van der Waals surface area contributed by atoms with Crippen molar-refractivity contribution in [3.63, 3.8) is 0 Å². The van der Waals surface area contributed by atoms with Crippen molar-refractivity contribution < 1.29 is 28.2 Å². The van der Waals surface area contributed by atoms with Crippen molar-refractivity contribution in [3.8, 4) is 0 Å². The number of furan rings is 1. The molecule has 0 radical (unpaired) electrons. The normalized spacial score (nSPS) is 26.0. The van der Waals surface area contributed by atoms with E-state index in [1.165, 1.54) is 6.92 Å². The van der Waals surface area contributed by atoms with Gasteiger partial charge in [-0.2, -0.15) is 0 Å². The van der Waals surface area contributed by atoms with Gasteiger partial charge in [-0.15, -0.1) is 0 Å². The standard InChI is InChI=1S/C20H22N2O6/c1-12(23)13-4-6-14(7-5-13)22-20(24)28-17-11-27-18-16(10-26-19(17)18)21-9-15-3-2-8-25-15/h2-8,16-19,21H,9-11H2,1H3,(H,22,24)/t16-,17+,18+,19+/m0/s1. The Morgan fingerprint density at radius 1 is 1.11 bits per heavy atom. The third-order valence-electron chi connectivity index (χ3n) is 4.92. The van der Waals surface area contributed by atoms with E-state index in [1.807, 2.05) is 12.1 Å². The molecule has 1 aromatic carbocycles. The molecule has 0 bridgehead atoms. The first-order valence-electron chi connectivity index (χ1n) is 9.18. The van der Waals surface area contributed by atoms with E-state index in [0.717, 1.165) is 5.76 Å². The molecule has 2 saturated heterocycles. The zero-order valence-electron chi connectivity index (χ0n) is 15.4. The summed E-state index contributed by atoms with van der Waals surface area (Å²) in [7, 11) is 0. The van der Waals surface area contributed by atoms with Gasteiger partial charge in [0.2, 0.25) is 0 Å². The molecule has 0 aliphatic carbocycles. The molecule has 2 aromatic rings. The molecular weight excluding hydrogens is 364 g/mol. The second kappa shape index (κ2) is 8.14. The first-order valence-corrected chi connectivity index (χ1v) is 9.18. The molecule has 1 amide bonds. The van der Waals surface area contributed by atoms with E-state index in [9.17, 15) is 9.59 Å². The van der Waals surface area contributed by atoms with Crippen LogP contribution in [-0.2, 0) is 20.8 Å². The molecule has 0 spiro atoms. The Kier molecular flexibility index (Phi) is 5.43. The van der Waals surface area contributed by atoms with Crippen molar-refractivity contribution in [1.82, 2.24) is 5.32 Å². The number of carbonyl (C=O) groups excluding carboxylic acids is 2. The number of anilines is 1. The molecule has 2 aliphatic heterocycles. The van der Waals surface area contributed by atoms with Crippen molar-refractivity contribution in [1.29, 1.82) is 0 Å². The van der Waals surface area contributed by atoms with Gasteiger partial charge in [0.15, 0.2) is 11.9 Å². The summed E-state index contributed by atoms with van der Waals surface area (Å²) in [5.41, 5.74) is 1.13. The molecule has 1 aromatic heterocycles. The predicted octanol–water partition coefficient (Wildman–Crippen LogP) is 2.36.